The summed E-state index contributed by atoms with van der Waals surface area (Å²) in [5.74, 6) is 0.156. The zero-order valence-corrected chi connectivity index (χ0v) is 13.8. The molecule has 0 spiro atoms. The third-order valence-electron chi connectivity index (χ3n) is 4.91. The van der Waals surface area contributed by atoms with E-state index in [1.165, 1.54) is 5.69 Å². The maximum Gasteiger partial charge on any atom is 0.317 e. The molecule has 2 fully saturated rings. The molecule has 0 aliphatic carbocycles. The Hall–Kier alpha value is -1.98. The van der Waals surface area contributed by atoms with Gasteiger partial charge in [-0.1, -0.05) is 0 Å². The second kappa shape index (κ2) is 7.06. The summed E-state index contributed by atoms with van der Waals surface area (Å²) in [6.45, 7) is 2.94. The predicted molar refractivity (Wildman–Crippen MR) is 87.9 cm³/mol. The van der Waals surface area contributed by atoms with Crippen LogP contribution in [0.25, 0.3) is 0 Å². The first-order valence-electron chi connectivity index (χ1n) is 8.60. The molecule has 0 saturated carbocycles. The Kier molecular flexibility index (Phi) is 4.88. The van der Waals surface area contributed by atoms with Crippen LogP contribution in [0.5, 0.6) is 0 Å². The summed E-state index contributed by atoms with van der Waals surface area (Å²) in [6, 6.07) is 4.18. The highest BCUT2D eigenvalue weighted by atomic mass is 16.2. The Morgan fingerprint density at radius 2 is 2.00 bits per heavy atom. The van der Waals surface area contributed by atoms with Crippen LogP contribution in [0.2, 0.25) is 0 Å². The molecule has 1 aromatic heterocycles. The number of aryl methyl sites for hydroxylation is 1. The number of carbonyl (C=O) groups is 2. The molecule has 0 bridgehead atoms. The van der Waals surface area contributed by atoms with Crippen LogP contribution in [-0.4, -0.2) is 52.5 Å². The van der Waals surface area contributed by atoms with Gasteiger partial charge in [-0.3, -0.25) is 4.79 Å². The van der Waals surface area contributed by atoms with Crippen LogP contribution < -0.4 is 5.32 Å². The number of hydrogen-bond acceptors (Lipinski definition) is 2. The average Bonchev–Trinajstić information content (AvgIpc) is 3.27. The van der Waals surface area contributed by atoms with Gasteiger partial charge in [-0.25, -0.2) is 4.79 Å². The van der Waals surface area contributed by atoms with Gasteiger partial charge in [0.15, 0.2) is 0 Å². The second-order valence-corrected chi connectivity index (χ2v) is 6.47. The van der Waals surface area contributed by atoms with E-state index in [1.807, 2.05) is 29.1 Å². The quantitative estimate of drug-likeness (QED) is 0.921. The van der Waals surface area contributed by atoms with Crippen molar-refractivity contribution in [2.24, 2.45) is 7.05 Å². The molecule has 6 nitrogen and oxygen atoms in total. The Bertz CT molecular complexity index is 563. The molecule has 2 saturated heterocycles. The number of carbonyl (C=O) groups excluding carboxylic acids is 2. The van der Waals surface area contributed by atoms with Gasteiger partial charge in [-0.2, -0.15) is 0 Å². The summed E-state index contributed by atoms with van der Waals surface area (Å²) in [6.07, 6.45) is 6.63. The van der Waals surface area contributed by atoms with Gasteiger partial charge in [0.1, 0.15) is 0 Å². The first-order chi connectivity index (χ1) is 11.2. The molecule has 2 aliphatic heterocycles. The molecule has 1 atom stereocenters. The molecule has 3 heterocycles. The van der Waals surface area contributed by atoms with Crippen molar-refractivity contribution in [3.05, 3.63) is 24.0 Å². The highest BCUT2D eigenvalue weighted by Gasteiger charge is 2.31. The minimum atomic E-state index is -0.0529. The molecule has 6 heteroatoms. The third-order valence-corrected chi connectivity index (χ3v) is 4.91. The molecule has 1 N–H and O–H groups in total. The Labute approximate surface area is 137 Å². The third kappa shape index (κ3) is 3.51. The summed E-state index contributed by atoms with van der Waals surface area (Å²) >= 11 is 0. The molecule has 3 amide bonds. The number of urea groups is 1. The van der Waals surface area contributed by atoms with Crippen molar-refractivity contribution in [3.8, 4) is 0 Å². The van der Waals surface area contributed by atoms with Crippen molar-refractivity contribution in [2.75, 3.05) is 26.2 Å². The fourth-order valence-electron chi connectivity index (χ4n) is 3.64. The fourth-order valence-corrected chi connectivity index (χ4v) is 3.64. The lowest BCUT2D eigenvalue weighted by Gasteiger charge is -2.25. The van der Waals surface area contributed by atoms with E-state index in [9.17, 15) is 9.59 Å². The SMILES string of the molecule is Cn1cccc1C1CCCN1C(=O)NCCC(=O)N1CCCC1. The van der Waals surface area contributed by atoms with Gasteiger partial charge in [-0.05, 0) is 37.8 Å². The lowest BCUT2D eigenvalue weighted by atomic mass is 10.1. The largest absolute Gasteiger partial charge is 0.353 e. The zero-order valence-electron chi connectivity index (χ0n) is 13.8. The molecule has 23 heavy (non-hydrogen) atoms. The van der Waals surface area contributed by atoms with Gasteiger partial charge >= 0.3 is 6.03 Å². The van der Waals surface area contributed by atoms with E-state index in [2.05, 4.69) is 16.0 Å². The molecule has 3 rings (SSSR count). The molecular weight excluding hydrogens is 292 g/mol. The van der Waals surface area contributed by atoms with Gasteiger partial charge in [0, 0.05) is 51.5 Å². The number of hydrogen-bond donors (Lipinski definition) is 1. The van der Waals surface area contributed by atoms with Crippen molar-refractivity contribution in [3.63, 3.8) is 0 Å². The van der Waals surface area contributed by atoms with Crippen molar-refractivity contribution in [2.45, 2.75) is 38.1 Å². The highest BCUT2D eigenvalue weighted by molar-refractivity contribution is 5.78. The maximum absolute atomic E-state index is 12.4. The van der Waals surface area contributed by atoms with Crippen molar-refractivity contribution in [1.82, 2.24) is 19.7 Å². The second-order valence-electron chi connectivity index (χ2n) is 6.47. The van der Waals surface area contributed by atoms with Gasteiger partial charge in [-0.15, -0.1) is 0 Å². The maximum atomic E-state index is 12.4. The van der Waals surface area contributed by atoms with Crippen molar-refractivity contribution >= 4 is 11.9 Å². The van der Waals surface area contributed by atoms with E-state index in [1.54, 1.807) is 0 Å². The minimum Gasteiger partial charge on any atom is -0.353 e. The van der Waals surface area contributed by atoms with Gasteiger partial charge < -0.3 is 19.7 Å². The van der Waals surface area contributed by atoms with Crippen LogP contribution in [0, 0.1) is 0 Å². The van der Waals surface area contributed by atoms with E-state index in [0.717, 1.165) is 45.3 Å². The molecule has 0 radical (unpaired) electrons. The molecule has 1 unspecified atom stereocenters. The van der Waals surface area contributed by atoms with E-state index in [4.69, 9.17) is 0 Å². The summed E-state index contributed by atoms with van der Waals surface area (Å²) < 4.78 is 2.08. The Morgan fingerprint density at radius 3 is 2.70 bits per heavy atom. The number of amides is 3. The van der Waals surface area contributed by atoms with E-state index in [-0.39, 0.29) is 18.0 Å². The van der Waals surface area contributed by atoms with E-state index >= 15 is 0 Å². The van der Waals surface area contributed by atoms with Crippen LogP contribution in [-0.2, 0) is 11.8 Å². The van der Waals surface area contributed by atoms with Gasteiger partial charge in [0.05, 0.1) is 6.04 Å². The fraction of sp³-hybridized carbons (Fsp3) is 0.647. The topological polar surface area (TPSA) is 57.6 Å². The first-order valence-corrected chi connectivity index (χ1v) is 8.60. The molecule has 0 aromatic carbocycles. The van der Waals surface area contributed by atoms with Gasteiger partial charge in [0.2, 0.25) is 5.91 Å². The summed E-state index contributed by atoms with van der Waals surface area (Å²) in [5, 5.41) is 2.92. The predicted octanol–water partition coefficient (Wildman–Crippen LogP) is 1.88. The van der Waals surface area contributed by atoms with Crippen LogP contribution >= 0.6 is 0 Å². The lowest BCUT2D eigenvalue weighted by molar-refractivity contribution is -0.129. The molecular formula is C17H26N4O2. The molecule has 126 valence electrons. The Balaban J connectivity index is 1.49. The lowest BCUT2D eigenvalue weighted by Crippen LogP contribution is -2.41. The first kappa shape index (κ1) is 15.9. The van der Waals surface area contributed by atoms with Gasteiger partial charge in [0.25, 0.3) is 0 Å². The smallest absolute Gasteiger partial charge is 0.317 e. The van der Waals surface area contributed by atoms with Crippen LogP contribution in [0.3, 0.4) is 0 Å². The number of nitrogens with zero attached hydrogens (tertiary/aromatic N) is 3. The van der Waals surface area contributed by atoms with Crippen LogP contribution in [0.15, 0.2) is 18.3 Å². The number of likely N-dealkylation sites (tertiary alicyclic amines) is 2. The normalized spacial score (nSPS) is 21.0. The monoisotopic (exact) mass is 318 g/mol. The standard InChI is InChI=1S/C17H26N4O2/c1-19-10-4-6-14(19)15-7-5-13-21(15)17(23)18-9-8-16(22)20-11-2-3-12-20/h4,6,10,15H,2-3,5,7-9,11-13H2,1H3,(H,18,23). The zero-order chi connectivity index (χ0) is 16.2. The van der Waals surface area contributed by atoms with E-state index < -0.39 is 0 Å². The highest BCUT2D eigenvalue weighted by Crippen LogP contribution is 2.31. The molecule has 1 aromatic rings. The summed E-state index contributed by atoms with van der Waals surface area (Å²) in [4.78, 5) is 28.2. The molecule has 2 aliphatic rings. The summed E-state index contributed by atoms with van der Waals surface area (Å²) in [5.41, 5.74) is 1.17. The van der Waals surface area contributed by atoms with Crippen LogP contribution in [0.4, 0.5) is 4.79 Å². The average molecular weight is 318 g/mol. The van der Waals surface area contributed by atoms with E-state index in [0.29, 0.717) is 13.0 Å². The Morgan fingerprint density at radius 1 is 1.22 bits per heavy atom. The number of nitrogens with one attached hydrogen (secondary N) is 1. The summed E-state index contributed by atoms with van der Waals surface area (Å²) in [7, 11) is 2.01. The number of rotatable bonds is 4. The van der Waals surface area contributed by atoms with Crippen molar-refractivity contribution in [1.29, 1.82) is 0 Å². The minimum absolute atomic E-state index is 0.0529. The number of aromatic nitrogens is 1. The van der Waals surface area contributed by atoms with Crippen molar-refractivity contribution < 1.29 is 9.59 Å². The van der Waals surface area contributed by atoms with Crippen LogP contribution in [0.1, 0.15) is 43.8 Å².